The summed E-state index contributed by atoms with van der Waals surface area (Å²) in [6, 6.07) is 23.3. The summed E-state index contributed by atoms with van der Waals surface area (Å²) in [7, 11) is 1.64. The number of ether oxygens (including phenoxy) is 1. The molecule has 1 N–H and O–H groups in total. The van der Waals surface area contributed by atoms with Crippen molar-refractivity contribution in [1.82, 2.24) is 9.38 Å². The minimum Gasteiger partial charge on any atom is -0.497 e. The van der Waals surface area contributed by atoms with Gasteiger partial charge in [0.05, 0.1) is 13.0 Å². The molecule has 0 saturated carbocycles. The van der Waals surface area contributed by atoms with Crippen LogP contribution in [-0.4, -0.2) is 22.4 Å². The number of anilines is 1. The molecule has 0 fully saturated rings. The Labute approximate surface area is 170 Å². The number of carbonyl (C=O) groups excluding carboxylic acids is 1. The Morgan fingerprint density at radius 1 is 1.07 bits per heavy atom. The van der Waals surface area contributed by atoms with Crippen molar-refractivity contribution < 1.29 is 9.53 Å². The number of benzene rings is 2. The number of hydrogen-bond acceptors (Lipinski definition) is 3. The van der Waals surface area contributed by atoms with Gasteiger partial charge in [-0.3, -0.25) is 9.20 Å². The molecule has 4 rings (SSSR count). The lowest BCUT2D eigenvalue weighted by molar-refractivity contribution is -0.117. The minimum atomic E-state index is -0.233. The maximum absolute atomic E-state index is 13.2. The van der Waals surface area contributed by atoms with E-state index >= 15 is 0 Å². The molecule has 0 aliphatic carbocycles. The quantitative estimate of drug-likeness (QED) is 0.500. The van der Waals surface area contributed by atoms with E-state index in [1.807, 2.05) is 90.3 Å². The first-order chi connectivity index (χ1) is 14.2. The molecule has 0 bridgehead atoms. The fraction of sp³-hybridized carbons (Fsp3) is 0.167. The van der Waals surface area contributed by atoms with Crippen molar-refractivity contribution >= 4 is 17.4 Å². The molecule has 0 radical (unpaired) electrons. The molecular formula is C24H23N3O2. The third-order valence-electron chi connectivity index (χ3n) is 5.04. The maximum Gasteiger partial charge on any atom is 0.233 e. The van der Waals surface area contributed by atoms with Crippen LogP contribution in [0.4, 0.5) is 5.82 Å². The van der Waals surface area contributed by atoms with Crippen molar-refractivity contribution in [1.29, 1.82) is 0 Å². The van der Waals surface area contributed by atoms with E-state index in [2.05, 4.69) is 5.32 Å². The van der Waals surface area contributed by atoms with Crippen molar-refractivity contribution in [2.45, 2.75) is 19.3 Å². The SMILES string of the molecule is CC[C@H](C(=O)Nc1c(-c2cccc(OC)c2)nc2ccccn12)c1ccccc1. The summed E-state index contributed by atoms with van der Waals surface area (Å²) in [5.74, 6) is 1.12. The maximum atomic E-state index is 13.2. The first-order valence-electron chi connectivity index (χ1n) is 9.68. The normalized spacial score (nSPS) is 11.9. The number of nitrogens with zero attached hydrogens (tertiary/aromatic N) is 2. The van der Waals surface area contributed by atoms with Gasteiger partial charge in [-0.2, -0.15) is 0 Å². The van der Waals surface area contributed by atoms with Gasteiger partial charge in [0, 0.05) is 11.8 Å². The van der Waals surface area contributed by atoms with Crippen LogP contribution < -0.4 is 10.1 Å². The van der Waals surface area contributed by atoms with Crippen molar-refractivity contribution in [3.8, 4) is 17.0 Å². The Morgan fingerprint density at radius 3 is 2.62 bits per heavy atom. The highest BCUT2D eigenvalue weighted by Gasteiger charge is 2.22. The second-order valence-corrected chi connectivity index (χ2v) is 6.83. The molecule has 0 aliphatic rings. The number of methoxy groups -OCH3 is 1. The van der Waals surface area contributed by atoms with E-state index in [4.69, 9.17) is 9.72 Å². The summed E-state index contributed by atoms with van der Waals surface area (Å²) in [5.41, 5.74) is 3.38. The van der Waals surface area contributed by atoms with Gasteiger partial charge < -0.3 is 10.1 Å². The molecule has 0 spiro atoms. The molecular weight excluding hydrogens is 362 g/mol. The van der Waals surface area contributed by atoms with Gasteiger partial charge in [-0.15, -0.1) is 0 Å². The van der Waals surface area contributed by atoms with Crippen LogP contribution in [0.25, 0.3) is 16.9 Å². The van der Waals surface area contributed by atoms with E-state index in [0.717, 1.165) is 22.5 Å². The van der Waals surface area contributed by atoms with Crippen molar-refractivity contribution in [2.24, 2.45) is 0 Å². The number of imidazole rings is 1. The van der Waals surface area contributed by atoms with Crippen LogP contribution in [0.3, 0.4) is 0 Å². The number of hydrogen-bond donors (Lipinski definition) is 1. The summed E-state index contributed by atoms with van der Waals surface area (Å²) in [4.78, 5) is 18.0. The molecule has 4 aromatic rings. The van der Waals surface area contributed by atoms with Gasteiger partial charge in [0.25, 0.3) is 0 Å². The van der Waals surface area contributed by atoms with Crippen LogP contribution in [-0.2, 0) is 4.79 Å². The van der Waals surface area contributed by atoms with Crippen LogP contribution in [0.15, 0.2) is 79.0 Å². The lowest BCUT2D eigenvalue weighted by Gasteiger charge is -2.16. The summed E-state index contributed by atoms with van der Waals surface area (Å²) in [5, 5.41) is 3.14. The minimum absolute atomic E-state index is 0.0477. The van der Waals surface area contributed by atoms with Crippen molar-refractivity contribution in [3.05, 3.63) is 84.6 Å². The van der Waals surface area contributed by atoms with E-state index < -0.39 is 0 Å². The average molecular weight is 385 g/mol. The smallest absolute Gasteiger partial charge is 0.233 e. The molecule has 0 aliphatic heterocycles. The summed E-state index contributed by atoms with van der Waals surface area (Å²) in [6.07, 6.45) is 2.62. The van der Waals surface area contributed by atoms with Crippen molar-refractivity contribution in [3.63, 3.8) is 0 Å². The lowest BCUT2D eigenvalue weighted by atomic mass is 9.95. The standard InChI is InChI=1S/C24H23N3O2/c1-3-20(17-10-5-4-6-11-17)24(28)26-23-22(18-12-9-13-19(16-18)29-2)25-21-14-7-8-15-27(21)23/h4-16,20H,3H2,1-2H3,(H,26,28)/t20-/m0/s1. The second kappa shape index (κ2) is 8.19. The van der Waals surface area contributed by atoms with Crippen LogP contribution in [0.5, 0.6) is 5.75 Å². The molecule has 29 heavy (non-hydrogen) atoms. The topological polar surface area (TPSA) is 55.6 Å². The molecule has 5 nitrogen and oxygen atoms in total. The Bertz CT molecular complexity index is 1140. The third-order valence-corrected chi connectivity index (χ3v) is 5.04. The molecule has 0 saturated heterocycles. The van der Waals surface area contributed by atoms with Crippen LogP contribution in [0, 0.1) is 0 Å². The lowest BCUT2D eigenvalue weighted by Crippen LogP contribution is -2.21. The molecule has 2 aromatic carbocycles. The fourth-order valence-corrected chi connectivity index (χ4v) is 3.55. The molecule has 2 aromatic heterocycles. The molecule has 0 unspecified atom stereocenters. The number of pyridine rings is 1. The fourth-order valence-electron chi connectivity index (χ4n) is 3.55. The Morgan fingerprint density at radius 2 is 1.86 bits per heavy atom. The van der Waals surface area contributed by atoms with E-state index in [0.29, 0.717) is 17.9 Å². The first kappa shape index (κ1) is 18.7. The van der Waals surface area contributed by atoms with E-state index in [1.165, 1.54) is 0 Å². The van der Waals surface area contributed by atoms with Gasteiger partial charge in [0.1, 0.15) is 22.9 Å². The zero-order valence-electron chi connectivity index (χ0n) is 16.5. The van der Waals surface area contributed by atoms with Crippen LogP contribution in [0.1, 0.15) is 24.8 Å². The number of rotatable bonds is 6. The van der Waals surface area contributed by atoms with E-state index in [9.17, 15) is 4.79 Å². The zero-order chi connectivity index (χ0) is 20.2. The second-order valence-electron chi connectivity index (χ2n) is 6.83. The number of carbonyl (C=O) groups is 1. The average Bonchev–Trinajstić information content (AvgIpc) is 3.13. The molecule has 146 valence electrons. The number of fused-ring (bicyclic) bond motifs is 1. The van der Waals surface area contributed by atoms with Gasteiger partial charge in [-0.1, -0.05) is 55.5 Å². The molecule has 1 atom stereocenters. The van der Waals surface area contributed by atoms with E-state index in [1.54, 1.807) is 7.11 Å². The highest BCUT2D eigenvalue weighted by Crippen LogP contribution is 2.32. The van der Waals surface area contributed by atoms with Crippen molar-refractivity contribution in [2.75, 3.05) is 12.4 Å². The van der Waals surface area contributed by atoms with Crippen LogP contribution in [0.2, 0.25) is 0 Å². The Balaban J connectivity index is 1.77. The van der Waals surface area contributed by atoms with Gasteiger partial charge in [-0.05, 0) is 36.2 Å². The molecule has 5 heteroatoms. The van der Waals surface area contributed by atoms with Gasteiger partial charge in [0.15, 0.2) is 0 Å². The van der Waals surface area contributed by atoms with Gasteiger partial charge in [0.2, 0.25) is 5.91 Å². The molecule has 1 amide bonds. The molecule has 2 heterocycles. The van der Waals surface area contributed by atoms with E-state index in [-0.39, 0.29) is 11.8 Å². The van der Waals surface area contributed by atoms with Crippen LogP contribution >= 0.6 is 0 Å². The highest BCUT2D eigenvalue weighted by atomic mass is 16.5. The van der Waals surface area contributed by atoms with Gasteiger partial charge in [-0.25, -0.2) is 4.98 Å². The van der Waals surface area contributed by atoms with Gasteiger partial charge >= 0.3 is 0 Å². The summed E-state index contributed by atoms with van der Waals surface area (Å²) < 4.78 is 7.27. The zero-order valence-corrected chi connectivity index (χ0v) is 16.5. The summed E-state index contributed by atoms with van der Waals surface area (Å²) in [6.45, 7) is 2.02. The number of aromatic nitrogens is 2. The highest BCUT2D eigenvalue weighted by molar-refractivity contribution is 5.98. The summed E-state index contributed by atoms with van der Waals surface area (Å²) >= 11 is 0. The Hall–Kier alpha value is -3.60. The monoisotopic (exact) mass is 385 g/mol. The predicted octanol–water partition coefficient (Wildman–Crippen LogP) is 5.14. The number of nitrogens with one attached hydrogen (secondary N) is 1. The predicted molar refractivity (Wildman–Crippen MR) is 115 cm³/mol. The third kappa shape index (κ3) is 3.72. The largest absolute Gasteiger partial charge is 0.497 e. The Kier molecular flexibility index (Phi) is 5.29. The first-order valence-corrected chi connectivity index (χ1v) is 9.68. The number of amides is 1.